The molecule has 1 heterocycles. The topological polar surface area (TPSA) is 49.2 Å². The molecule has 3 aromatic rings. The Labute approximate surface area is 122 Å². The number of hydrogen-bond donors (Lipinski definition) is 0. The van der Waals surface area contributed by atoms with Gasteiger partial charge in [-0.05, 0) is 24.3 Å². The molecule has 0 saturated carbocycles. The zero-order valence-corrected chi connectivity index (χ0v) is 11.9. The van der Waals surface area contributed by atoms with E-state index in [1.165, 1.54) is 0 Å². The molecule has 21 heavy (non-hydrogen) atoms. The van der Waals surface area contributed by atoms with Crippen molar-refractivity contribution in [2.75, 3.05) is 14.2 Å². The second-order valence-electron chi connectivity index (χ2n) is 4.40. The monoisotopic (exact) mass is 281 g/mol. The van der Waals surface area contributed by atoms with Gasteiger partial charge in [-0.15, -0.1) is 10.2 Å². The van der Waals surface area contributed by atoms with Crippen LogP contribution in [0, 0.1) is 0 Å². The Morgan fingerprint density at radius 1 is 0.905 bits per heavy atom. The van der Waals surface area contributed by atoms with Crippen LogP contribution in [0.4, 0.5) is 0 Å². The molecule has 0 aliphatic carbocycles. The lowest BCUT2D eigenvalue weighted by atomic mass is 10.1. The molecule has 0 aliphatic heterocycles. The molecular formula is C16H15N3O2. The van der Waals surface area contributed by atoms with E-state index in [0.717, 1.165) is 11.3 Å². The van der Waals surface area contributed by atoms with Crippen LogP contribution in [0.25, 0.3) is 17.1 Å². The summed E-state index contributed by atoms with van der Waals surface area (Å²) in [6, 6.07) is 15.6. The van der Waals surface area contributed by atoms with E-state index < -0.39 is 0 Å². The Hall–Kier alpha value is -2.82. The molecule has 106 valence electrons. The fraction of sp³-hybridized carbons (Fsp3) is 0.125. The standard InChI is InChI=1S/C16H15N3O2/c1-20-14-10-6-9-13(15(14)21-2)16-18-17-11-19(16)12-7-4-3-5-8-12/h3-11H,1-2H3. The number of nitrogens with zero attached hydrogens (tertiary/aromatic N) is 3. The maximum Gasteiger partial charge on any atom is 0.172 e. The number of methoxy groups -OCH3 is 2. The van der Waals surface area contributed by atoms with Crippen LogP contribution in [-0.4, -0.2) is 29.0 Å². The summed E-state index contributed by atoms with van der Waals surface area (Å²) in [7, 11) is 3.23. The zero-order valence-electron chi connectivity index (χ0n) is 11.9. The Kier molecular flexibility index (Phi) is 3.55. The lowest BCUT2D eigenvalue weighted by Crippen LogP contribution is -1.99. The van der Waals surface area contributed by atoms with E-state index in [1.54, 1.807) is 20.5 Å². The van der Waals surface area contributed by atoms with Gasteiger partial charge in [0.2, 0.25) is 0 Å². The molecule has 0 atom stereocenters. The minimum atomic E-state index is 0.644. The van der Waals surface area contributed by atoms with Crippen molar-refractivity contribution in [1.29, 1.82) is 0 Å². The third-order valence-corrected chi connectivity index (χ3v) is 3.23. The van der Waals surface area contributed by atoms with Crippen molar-refractivity contribution in [2.45, 2.75) is 0 Å². The number of aromatic nitrogens is 3. The third-order valence-electron chi connectivity index (χ3n) is 3.23. The molecule has 5 nitrogen and oxygen atoms in total. The van der Waals surface area contributed by atoms with Crippen molar-refractivity contribution in [3.8, 4) is 28.6 Å². The summed E-state index contributed by atoms with van der Waals surface area (Å²) in [5.41, 5.74) is 1.82. The van der Waals surface area contributed by atoms with Crippen LogP contribution in [0.3, 0.4) is 0 Å². The smallest absolute Gasteiger partial charge is 0.172 e. The summed E-state index contributed by atoms with van der Waals surface area (Å²) in [5.74, 6) is 2.01. The van der Waals surface area contributed by atoms with Crippen molar-refractivity contribution in [3.05, 3.63) is 54.9 Å². The lowest BCUT2D eigenvalue weighted by molar-refractivity contribution is 0.356. The van der Waals surface area contributed by atoms with E-state index in [2.05, 4.69) is 10.2 Å². The van der Waals surface area contributed by atoms with Gasteiger partial charge in [0.25, 0.3) is 0 Å². The second kappa shape index (κ2) is 5.66. The van der Waals surface area contributed by atoms with Crippen LogP contribution in [-0.2, 0) is 0 Å². The van der Waals surface area contributed by atoms with Gasteiger partial charge in [-0.25, -0.2) is 0 Å². The third kappa shape index (κ3) is 2.33. The largest absolute Gasteiger partial charge is 0.493 e. The molecule has 0 N–H and O–H groups in total. The van der Waals surface area contributed by atoms with E-state index in [0.29, 0.717) is 17.3 Å². The molecule has 0 bridgehead atoms. The van der Waals surface area contributed by atoms with Gasteiger partial charge in [0.1, 0.15) is 6.33 Å². The maximum atomic E-state index is 5.48. The van der Waals surface area contributed by atoms with E-state index in [1.807, 2.05) is 53.1 Å². The molecule has 1 aromatic heterocycles. The predicted octanol–water partition coefficient (Wildman–Crippen LogP) is 2.95. The number of benzene rings is 2. The van der Waals surface area contributed by atoms with Crippen LogP contribution >= 0.6 is 0 Å². The van der Waals surface area contributed by atoms with Gasteiger partial charge in [0.05, 0.1) is 19.8 Å². The SMILES string of the molecule is COc1cccc(-c2nncn2-c2ccccc2)c1OC. The summed E-state index contributed by atoms with van der Waals surface area (Å²) < 4.78 is 12.7. The van der Waals surface area contributed by atoms with E-state index in [9.17, 15) is 0 Å². The zero-order chi connectivity index (χ0) is 14.7. The summed E-state index contributed by atoms with van der Waals surface area (Å²) in [6.07, 6.45) is 1.68. The van der Waals surface area contributed by atoms with Crippen LogP contribution in [0.1, 0.15) is 0 Å². The highest BCUT2D eigenvalue weighted by Gasteiger charge is 2.17. The summed E-state index contributed by atoms with van der Waals surface area (Å²) in [6.45, 7) is 0. The average Bonchev–Trinajstić information content (AvgIpc) is 3.04. The Bertz CT molecular complexity index is 738. The molecule has 0 aliphatic rings. The normalized spacial score (nSPS) is 10.4. The number of ether oxygens (including phenoxy) is 2. The van der Waals surface area contributed by atoms with Crippen molar-refractivity contribution in [3.63, 3.8) is 0 Å². The highest BCUT2D eigenvalue weighted by Crippen LogP contribution is 2.37. The van der Waals surface area contributed by atoms with Gasteiger partial charge in [0, 0.05) is 5.69 Å². The van der Waals surface area contributed by atoms with Crippen molar-refractivity contribution in [1.82, 2.24) is 14.8 Å². The van der Waals surface area contributed by atoms with Gasteiger partial charge in [0.15, 0.2) is 17.3 Å². The van der Waals surface area contributed by atoms with Gasteiger partial charge in [-0.3, -0.25) is 4.57 Å². The van der Waals surface area contributed by atoms with E-state index in [4.69, 9.17) is 9.47 Å². The molecule has 0 amide bonds. The van der Waals surface area contributed by atoms with Crippen molar-refractivity contribution < 1.29 is 9.47 Å². The second-order valence-corrected chi connectivity index (χ2v) is 4.40. The van der Waals surface area contributed by atoms with Gasteiger partial charge >= 0.3 is 0 Å². The Morgan fingerprint density at radius 3 is 2.43 bits per heavy atom. The first-order valence-electron chi connectivity index (χ1n) is 6.52. The van der Waals surface area contributed by atoms with Crippen LogP contribution in [0.5, 0.6) is 11.5 Å². The quantitative estimate of drug-likeness (QED) is 0.737. The lowest BCUT2D eigenvalue weighted by Gasteiger charge is -2.13. The number of para-hydroxylation sites is 2. The maximum absolute atomic E-state index is 5.48. The Morgan fingerprint density at radius 2 is 1.71 bits per heavy atom. The molecule has 0 spiro atoms. The molecule has 0 radical (unpaired) electrons. The molecular weight excluding hydrogens is 266 g/mol. The summed E-state index contributed by atoms with van der Waals surface area (Å²) >= 11 is 0. The van der Waals surface area contributed by atoms with Gasteiger partial charge in [-0.2, -0.15) is 0 Å². The molecule has 0 saturated heterocycles. The first kappa shape index (κ1) is 13.2. The van der Waals surface area contributed by atoms with Crippen LogP contribution in [0.2, 0.25) is 0 Å². The minimum Gasteiger partial charge on any atom is -0.493 e. The first-order valence-corrected chi connectivity index (χ1v) is 6.52. The number of hydrogen-bond acceptors (Lipinski definition) is 4. The highest BCUT2D eigenvalue weighted by molar-refractivity contribution is 5.70. The Balaban J connectivity index is 2.17. The average molecular weight is 281 g/mol. The summed E-state index contributed by atoms with van der Waals surface area (Å²) in [4.78, 5) is 0. The van der Waals surface area contributed by atoms with E-state index >= 15 is 0 Å². The fourth-order valence-corrected chi connectivity index (χ4v) is 2.26. The number of rotatable bonds is 4. The minimum absolute atomic E-state index is 0.644. The van der Waals surface area contributed by atoms with Crippen molar-refractivity contribution >= 4 is 0 Å². The van der Waals surface area contributed by atoms with Crippen LogP contribution in [0.15, 0.2) is 54.9 Å². The van der Waals surface area contributed by atoms with Gasteiger partial charge in [-0.1, -0.05) is 24.3 Å². The van der Waals surface area contributed by atoms with Gasteiger partial charge < -0.3 is 9.47 Å². The first-order chi connectivity index (χ1) is 10.3. The fourth-order valence-electron chi connectivity index (χ4n) is 2.26. The highest BCUT2D eigenvalue weighted by atomic mass is 16.5. The van der Waals surface area contributed by atoms with Crippen LogP contribution < -0.4 is 9.47 Å². The molecule has 5 heteroatoms. The molecule has 0 unspecified atom stereocenters. The molecule has 3 rings (SSSR count). The van der Waals surface area contributed by atoms with E-state index in [-0.39, 0.29) is 0 Å². The van der Waals surface area contributed by atoms with Crippen molar-refractivity contribution in [2.24, 2.45) is 0 Å². The summed E-state index contributed by atoms with van der Waals surface area (Å²) in [5, 5.41) is 8.25. The molecule has 2 aromatic carbocycles. The molecule has 0 fully saturated rings. The predicted molar refractivity (Wildman–Crippen MR) is 79.9 cm³/mol.